The van der Waals surface area contributed by atoms with Crippen molar-refractivity contribution in [2.45, 2.75) is 32.2 Å². The van der Waals surface area contributed by atoms with Crippen molar-refractivity contribution in [3.05, 3.63) is 33.8 Å². The molecule has 0 aliphatic carbocycles. The number of piperidine rings is 1. The molecule has 2 rings (SSSR count). The highest BCUT2D eigenvalue weighted by Gasteiger charge is 2.26. The summed E-state index contributed by atoms with van der Waals surface area (Å²) in [7, 11) is 0. The Morgan fingerprint density at radius 1 is 1.44 bits per heavy atom. The summed E-state index contributed by atoms with van der Waals surface area (Å²) in [6, 6.07) is 5.70. The van der Waals surface area contributed by atoms with Gasteiger partial charge in [0.25, 0.3) is 5.91 Å². The Kier molecular flexibility index (Phi) is 4.40. The number of rotatable bonds is 2. The van der Waals surface area contributed by atoms with Gasteiger partial charge in [0, 0.05) is 16.6 Å². The predicted molar refractivity (Wildman–Crippen MR) is 74.6 cm³/mol. The number of likely N-dealkylation sites (tertiary alicyclic amines) is 1. The minimum atomic E-state index is -0.0227. The number of aliphatic hydroxyl groups is 1. The van der Waals surface area contributed by atoms with Gasteiger partial charge in [-0.2, -0.15) is 0 Å². The van der Waals surface area contributed by atoms with Gasteiger partial charge in [-0.1, -0.05) is 15.9 Å². The van der Waals surface area contributed by atoms with E-state index in [1.807, 2.05) is 30.0 Å². The van der Waals surface area contributed by atoms with E-state index in [0.29, 0.717) is 5.56 Å². The summed E-state index contributed by atoms with van der Waals surface area (Å²) in [5, 5.41) is 9.36. The van der Waals surface area contributed by atoms with Crippen molar-refractivity contribution in [2.24, 2.45) is 0 Å². The van der Waals surface area contributed by atoms with Crippen LogP contribution in [-0.4, -0.2) is 35.1 Å². The van der Waals surface area contributed by atoms with E-state index in [2.05, 4.69) is 15.9 Å². The molecule has 0 radical (unpaired) electrons. The molecule has 18 heavy (non-hydrogen) atoms. The number of hydrogen-bond donors (Lipinski definition) is 1. The minimum Gasteiger partial charge on any atom is -0.394 e. The Bertz CT molecular complexity index is 427. The normalized spacial score (nSPS) is 19.9. The van der Waals surface area contributed by atoms with Gasteiger partial charge in [-0.05, 0) is 49.9 Å². The molecule has 1 unspecified atom stereocenters. The fourth-order valence-corrected chi connectivity index (χ4v) is 3.09. The molecule has 1 atom stereocenters. The molecule has 1 aromatic carbocycles. The van der Waals surface area contributed by atoms with Gasteiger partial charge in [-0.15, -0.1) is 0 Å². The summed E-state index contributed by atoms with van der Waals surface area (Å²) in [5.74, 6) is 0.0261. The van der Waals surface area contributed by atoms with Crippen molar-refractivity contribution in [1.82, 2.24) is 4.90 Å². The van der Waals surface area contributed by atoms with E-state index < -0.39 is 0 Å². The van der Waals surface area contributed by atoms with Crippen molar-refractivity contribution in [1.29, 1.82) is 0 Å². The quantitative estimate of drug-likeness (QED) is 0.912. The van der Waals surface area contributed by atoms with Crippen molar-refractivity contribution < 1.29 is 9.90 Å². The highest BCUT2D eigenvalue weighted by molar-refractivity contribution is 9.10. The third-order valence-electron chi connectivity index (χ3n) is 3.39. The highest BCUT2D eigenvalue weighted by atomic mass is 79.9. The Balaban J connectivity index is 2.23. The van der Waals surface area contributed by atoms with E-state index in [-0.39, 0.29) is 18.6 Å². The third kappa shape index (κ3) is 2.93. The second kappa shape index (κ2) is 5.85. The Morgan fingerprint density at radius 2 is 2.22 bits per heavy atom. The van der Waals surface area contributed by atoms with Crippen molar-refractivity contribution in [2.75, 3.05) is 13.2 Å². The van der Waals surface area contributed by atoms with E-state index in [9.17, 15) is 9.90 Å². The predicted octanol–water partition coefficient (Wildman–Crippen LogP) is 2.74. The van der Waals surface area contributed by atoms with Crippen LogP contribution < -0.4 is 0 Å². The molecule has 1 N–H and O–H groups in total. The molecule has 0 spiro atoms. The Morgan fingerprint density at radius 3 is 2.89 bits per heavy atom. The minimum absolute atomic E-state index is 0.0227. The van der Waals surface area contributed by atoms with Gasteiger partial charge in [-0.3, -0.25) is 4.79 Å². The maximum atomic E-state index is 12.5. The van der Waals surface area contributed by atoms with E-state index in [4.69, 9.17) is 0 Å². The van der Waals surface area contributed by atoms with Crippen LogP contribution in [0.1, 0.15) is 35.2 Å². The molecule has 1 heterocycles. The van der Waals surface area contributed by atoms with Gasteiger partial charge in [-0.25, -0.2) is 0 Å². The zero-order chi connectivity index (χ0) is 13.1. The standard InChI is InChI=1S/C14H18BrNO2/c1-10-6-11(8-12(15)7-10)14(18)16-5-3-2-4-13(16)9-17/h6-8,13,17H,2-5,9H2,1H3. The molecule has 0 aromatic heterocycles. The summed E-state index contributed by atoms with van der Waals surface area (Å²) in [6.07, 6.45) is 3.01. The molecule has 1 aliphatic heterocycles. The summed E-state index contributed by atoms with van der Waals surface area (Å²) in [4.78, 5) is 14.3. The molecule has 0 bridgehead atoms. The zero-order valence-corrected chi connectivity index (χ0v) is 12.1. The van der Waals surface area contributed by atoms with Gasteiger partial charge < -0.3 is 10.0 Å². The van der Waals surface area contributed by atoms with Crippen LogP contribution in [0.2, 0.25) is 0 Å². The summed E-state index contributed by atoms with van der Waals surface area (Å²) in [5.41, 5.74) is 1.76. The Hall–Kier alpha value is -0.870. The molecule has 4 heteroatoms. The van der Waals surface area contributed by atoms with Gasteiger partial charge in [0.1, 0.15) is 0 Å². The molecule has 1 aliphatic rings. The Labute approximate surface area is 116 Å². The molecule has 1 fully saturated rings. The zero-order valence-electron chi connectivity index (χ0n) is 10.5. The molecular formula is C14H18BrNO2. The maximum Gasteiger partial charge on any atom is 0.254 e. The molecule has 1 amide bonds. The third-order valence-corrected chi connectivity index (χ3v) is 3.85. The lowest BCUT2D eigenvalue weighted by Gasteiger charge is -2.34. The van der Waals surface area contributed by atoms with Crippen LogP contribution in [-0.2, 0) is 0 Å². The van der Waals surface area contributed by atoms with Crippen LogP contribution in [0.3, 0.4) is 0 Å². The van der Waals surface area contributed by atoms with Crippen LogP contribution in [0.4, 0.5) is 0 Å². The van der Waals surface area contributed by atoms with E-state index in [0.717, 1.165) is 35.8 Å². The largest absolute Gasteiger partial charge is 0.394 e. The SMILES string of the molecule is Cc1cc(Br)cc(C(=O)N2CCCCC2CO)c1. The molecule has 0 saturated carbocycles. The molecule has 1 aromatic rings. The number of aryl methyl sites for hydroxylation is 1. The number of aliphatic hydroxyl groups excluding tert-OH is 1. The maximum absolute atomic E-state index is 12.5. The first kappa shape index (κ1) is 13.6. The van der Waals surface area contributed by atoms with Crippen LogP contribution >= 0.6 is 15.9 Å². The average molecular weight is 312 g/mol. The molecule has 3 nitrogen and oxygen atoms in total. The lowest BCUT2D eigenvalue weighted by atomic mass is 10.0. The highest BCUT2D eigenvalue weighted by Crippen LogP contribution is 2.22. The first-order chi connectivity index (χ1) is 8.61. The number of amides is 1. The number of benzene rings is 1. The monoisotopic (exact) mass is 311 g/mol. The lowest BCUT2D eigenvalue weighted by Crippen LogP contribution is -2.45. The molecule has 1 saturated heterocycles. The van der Waals surface area contributed by atoms with Crippen LogP contribution in [0.25, 0.3) is 0 Å². The number of hydrogen-bond acceptors (Lipinski definition) is 2. The van der Waals surface area contributed by atoms with E-state index >= 15 is 0 Å². The smallest absolute Gasteiger partial charge is 0.254 e. The van der Waals surface area contributed by atoms with Crippen molar-refractivity contribution >= 4 is 21.8 Å². The average Bonchev–Trinajstić information content (AvgIpc) is 2.36. The van der Waals surface area contributed by atoms with Crippen LogP contribution in [0, 0.1) is 6.92 Å². The van der Waals surface area contributed by atoms with Crippen LogP contribution in [0.5, 0.6) is 0 Å². The number of halogens is 1. The first-order valence-corrected chi connectivity index (χ1v) is 7.10. The van der Waals surface area contributed by atoms with Gasteiger partial charge in [0.2, 0.25) is 0 Å². The number of carbonyl (C=O) groups is 1. The molecule has 98 valence electrons. The molecular weight excluding hydrogens is 294 g/mol. The summed E-state index contributed by atoms with van der Waals surface area (Å²) < 4.78 is 0.920. The number of carbonyl (C=O) groups excluding carboxylic acids is 1. The van der Waals surface area contributed by atoms with Crippen molar-refractivity contribution in [3.63, 3.8) is 0 Å². The lowest BCUT2D eigenvalue weighted by molar-refractivity contribution is 0.0503. The summed E-state index contributed by atoms with van der Waals surface area (Å²) >= 11 is 3.42. The van der Waals surface area contributed by atoms with Crippen LogP contribution in [0.15, 0.2) is 22.7 Å². The first-order valence-electron chi connectivity index (χ1n) is 6.31. The van der Waals surface area contributed by atoms with E-state index in [1.54, 1.807) is 0 Å². The topological polar surface area (TPSA) is 40.5 Å². The fraction of sp³-hybridized carbons (Fsp3) is 0.500. The second-order valence-corrected chi connectivity index (χ2v) is 5.76. The van der Waals surface area contributed by atoms with E-state index in [1.165, 1.54) is 0 Å². The van der Waals surface area contributed by atoms with Gasteiger partial charge in [0.15, 0.2) is 0 Å². The second-order valence-electron chi connectivity index (χ2n) is 4.85. The number of nitrogens with zero attached hydrogens (tertiary/aromatic N) is 1. The van der Waals surface area contributed by atoms with Gasteiger partial charge in [0.05, 0.1) is 12.6 Å². The van der Waals surface area contributed by atoms with Gasteiger partial charge >= 0.3 is 0 Å². The fourth-order valence-electron chi connectivity index (χ4n) is 2.48. The summed E-state index contributed by atoms with van der Waals surface area (Å²) in [6.45, 7) is 2.77. The van der Waals surface area contributed by atoms with Crippen molar-refractivity contribution in [3.8, 4) is 0 Å².